The van der Waals surface area contributed by atoms with Crippen LogP contribution in [0.1, 0.15) is 26.3 Å². The molecule has 0 aromatic heterocycles. The molecule has 138 valence electrons. The molecule has 4 nitrogen and oxygen atoms in total. The zero-order chi connectivity index (χ0) is 20.0. The normalized spacial score (nSPS) is 10.5. The van der Waals surface area contributed by atoms with Crippen LogP contribution >= 0.6 is 0 Å². The third-order valence-electron chi connectivity index (χ3n) is 3.65. The highest BCUT2D eigenvalue weighted by Crippen LogP contribution is 2.29. The first-order valence-corrected chi connectivity index (χ1v) is 8.44. The van der Waals surface area contributed by atoms with Crippen LogP contribution in [0.5, 0.6) is 11.5 Å². The fourth-order valence-corrected chi connectivity index (χ4v) is 2.23. The van der Waals surface area contributed by atoms with Gasteiger partial charge in [0.25, 0.3) is 0 Å². The van der Waals surface area contributed by atoms with Gasteiger partial charge in [0.05, 0.1) is 0 Å². The van der Waals surface area contributed by atoms with Crippen molar-refractivity contribution in [3.63, 3.8) is 0 Å². The summed E-state index contributed by atoms with van der Waals surface area (Å²) in [7, 11) is 0. The molecule has 2 aromatic rings. The van der Waals surface area contributed by atoms with Crippen LogP contribution in [0.3, 0.4) is 0 Å². The van der Waals surface area contributed by atoms with Gasteiger partial charge in [0, 0.05) is 16.7 Å². The molecule has 0 fully saturated rings. The molecular formula is C23H22O4. The highest BCUT2D eigenvalue weighted by Gasteiger charge is 2.11. The van der Waals surface area contributed by atoms with Gasteiger partial charge in [-0.2, -0.15) is 0 Å². The number of ether oxygens (including phenoxy) is 2. The van der Waals surface area contributed by atoms with Crippen LogP contribution in [0.25, 0.3) is 17.2 Å². The van der Waals surface area contributed by atoms with E-state index in [-0.39, 0.29) is 0 Å². The van der Waals surface area contributed by atoms with Crippen LogP contribution in [0.15, 0.2) is 72.8 Å². The molecule has 0 unspecified atom stereocenters. The maximum Gasteiger partial charge on any atom is 0.338 e. The second kappa shape index (κ2) is 8.81. The molecule has 0 aliphatic heterocycles. The number of benzene rings is 2. The monoisotopic (exact) mass is 362 g/mol. The van der Waals surface area contributed by atoms with E-state index in [1.54, 1.807) is 32.0 Å². The van der Waals surface area contributed by atoms with E-state index in [0.717, 1.165) is 16.7 Å². The van der Waals surface area contributed by atoms with Crippen LogP contribution in [-0.2, 0) is 9.59 Å². The topological polar surface area (TPSA) is 52.6 Å². The summed E-state index contributed by atoms with van der Waals surface area (Å²) in [6, 6.07) is 12.7. The summed E-state index contributed by atoms with van der Waals surface area (Å²) in [5, 5.41) is 0. The predicted molar refractivity (Wildman–Crippen MR) is 107 cm³/mol. The summed E-state index contributed by atoms with van der Waals surface area (Å²) >= 11 is 0. The number of carbonyl (C=O) groups excluding carboxylic acids is 2. The number of hydrogen-bond acceptors (Lipinski definition) is 4. The Hall–Kier alpha value is -3.40. The Labute approximate surface area is 159 Å². The van der Waals surface area contributed by atoms with E-state index in [0.29, 0.717) is 22.6 Å². The van der Waals surface area contributed by atoms with Crippen LogP contribution in [-0.4, -0.2) is 11.9 Å². The van der Waals surface area contributed by atoms with Gasteiger partial charge in [0.2, 0.25) is 0 Å². The minimum Gasteiger partial charge on any atom is -0.423 e. The van der Waals surface area contributed by atoms with E-state index in [2.05, 4.69) is 13.2 Å². The lowest BCUT2D eigenvalue weighted by molar-refractivity contribution is -0.130. The van der Waals surface area contributed by atoms with Crippen molar-refractivity contribution in [2.75, 3.05) is 0 Å². The Morgan fingerprint density at radius 3 is 1.96 bits per heavy atom. The van der Waals surface area contributed by atoms with E-state index in [4.69, 9.17) is 9.47 Å². The Morgan fingerprint density at radius 2 is 1.41 bits per heavy atom. The molecular weight excluding hydrogens is 340 g/mol. The van der Waals surface area contributed by atoms with Crippen LogP contribution in [0.2, 0.25) is 0 Å². The van der Waals surface area contributed by atoms with Gasteiger partial charge >= 0.3 is 11.9 Å². The number of carbonyl (C=O) groups is 2. The zero-order valence-corrected chi connectivity index (χ0v) is 15.7. The fourth-order valence-electron chi connectivity index (χ4n) is 2.23. The highest BCUT2D eigenvalue weighted by molar-refractivity contribution is 5.90. The largest absolute Gasteiger partial charge is 0.423 e. The Bertz CT molecular complexity index is 918. The number of rotatable bonds is 6. The summed E-state index contributed by atoms with van der Waals surface area (Å²) in [4.78, 5) is 23.4. The highest BCUT2D eigenvalue weighted by atomic mass is 16.5. The molecule has 0 saturated heterocycles. The fraction of sp³-hybridized carbons (Fsp3) is 0.130. The molecule has 2 aromatic carbocycles. The molecule has 0 N–H and O–H groups in total. The number of esters is 2. The number of hydrogen-bond donors (Lipinski definition) is 0. The van der Waals surface area contributed by atoms with E-state index in [9.17, 15) is 9.59 Å². The third kappa shape index (κ3) is 5.28. The lowest BCUT2D eigenvalue weighted by atomic mass is 10.0. The second-order valence-electron chi connectivity index (χ2n) is 6.12. The molecule has 0 spiro atoms. The molecule has 0 saturated carbocycles. The van der Waals surface area contributed by atoms with E-state index in [1.165, 1.54) is 0 Å². The smallest absolute Gasteiger partial charge is 0.338 e. The standard InChI is InChI=1S/C23H22O4/c1-6-7-19-14-18(10-13-21(19)27-23(25)16(4)5)17-8-11-20(12-9-17)26-22(24)15(2)3/h6-14H,2,4H2,1,3,5H3/b7-6+. The SMILES string of the molecule is C=C(C)C(=O)Oc1ccc(-c2ccc(OC(=O)C(=C)C)c(/C=C/C)c2)cc1. The second-order valence-corrected chi connectivity index (χ2v) is 6.12. The van der Waals surface area contributed by atoms with Crippen molar-refractivity contribution in [1.82, 2.24) is 0 Å². The molecule has 0 aliphatic carbocycles. The number of allylic oxidation sites excluding steroid dienone is 1. The van der Waals surface area contributed by atoms with Crippen molar-refractivity contribution in [3.8, 4) is 22.6 Å². The van der Waals surface area contributed by atoms with Crippen molar-refractivity contribution >= 4 is 18.0 Å². The van der Waals surface area contributed by atoms with Crippen LogP contribution < -0.4 is 9.47 Å². The minimum atomic E-state index is -0.461. The van der Waals surface area contributed by atoms with Crippen molar-refractivity contribution in [3.05, 3.63) is 78.4 Å². The molecule has 4 heteroatoms. The summed E-state index contributed by atoms with van der Waals surface area (Å²) < 4.78 is 10.6. The van der Waals surface area contributed by atoms with Gasteiger partial charge in [0.1, 0.15) is 11.5 Å². The molecule has 0 atom stereocenters. The Kier molecular flexibility index (Phi) is 6.50. The van der Waals surface area contributed by atoms with Gasteiger partial charge in [-0.25, -0.2) is 9.59 Å². The first-order chi connectivity index (χ1) is 12.8. The molecule has 0 amide bonds. The predicted octanol–water partition coefficient (Wildman–Crippen LogP) is 5.35. The van der Waals surface area contributed by atoms with E-state index < -0.39 is 11.9 Å². The quantitative estimate of drug-likeness (QED) is 0.395. The van der Waals surface area contributed by atoms with Crippen molar-refractivity contribution < 1.29 is 19.1 Å². The van der Waals surface area contributed by atoms with Crippen LogP contribution in [0.4, 0.5) is 0 Å². The zero-order valence-electron chi connectivity index (χ0n) is 15.7. The Morgan fingerprint density at radius 1 is 0.852 bits per heavy atom. The van der Waals surface area contributed by atoms with Gasteiger partial charge in [-0.3, -0.25) is 0 Å². The Balaban J connectivity index is 2.29. The molecule has 0 bridgehead atoms. The summed E-state index contributed by atoms with van der Waals surface area (Å²) in [6.45, 7) is 12.3. The average molecular weight is 362 g/mol. The van der Waals surface area contributed by atoms with Gasteiger partial charge < -0.3 is 9.47 Å². The van der Waals surface area contributed by atoms with Gasteiger partial charge in [0.15, 0.2) is 0 Å². The maximum atomic E-state index is 11.8. The average Bonchev–Trinajstić information content (AvgIpc) is 2.63. The van der Waals surface area contributed by atoms with Crippen LogP contribution in [0, 0.1) is 0 Å². The van der Waals surface area contributed by atoms with Crippen molar-refractivity contribution in [2.45, 2.75) is 20.8 Å². The molecule has 0 aliphatic rings. The van der Waals surface area contributed by atoms with Gasteiger partial charge in [-0.05, 0) is 56.2 Å². The third-order valence-corrected chi connectivity index (χ3v) is 3.65. The minimum absolute atomic E-state index is 0.338. The molecule has 0 radical (unpaired) electrons. The maximum absolute atomic E-state index is 11.8. The van der Waals surface area contributed by atoms with Crippen molar-refractivity contribution in [2.24, 2.45) is 0 Å². The summed E-state index contributed by atoms with van der Waals surface area (Å²) in [5.74, 6) is 0.00304. The molecule has 2 rings (SSSR count). The summed E-state index contributed by atoms with van der Waals surface area (Å²) in [5.41, 5.74) is 3.34. The lowest BCUT2D eigenvalue weighted by Gasteiger charge is -2.11. The summed E-state index contributed by atoms with van der Waals surface area (Å²) in [6.07, 6.45) is 3.74. The first kappa shape index (κ1) is 19.9. The van der Waals surface area contributed by atoms with Gasteiger partial charge in [-0.1, -0.05) is 43.5 Å². The lowest BCUT2D eigenvalue weighted by Crippen LogP contribution is -2.09. The van der Waals surface area contributed by atoms with Gasteiger partial charge in [-0.15, -0.1) is 0 Å². The van der Waals surface area contributed by atoms with E-state index in [1.807, 2.05) is 43.3 Å². The first-order valence-electron chi connectivity index (χ1n) is 8.44. The molecule has 0 heterocycles. The molecule has 27 heavy (non-hydrogen) atoms. The van der Waals surface area contributed by atoms with Crippen molar-refractivity contribution in [1.29, 1.82) is 0 Å². The van der Waals surface area contributed by atoms with E-state index >= 15 is 0 Å².